The number of benzene rings is 2. The fourth-order valence-corrected chi connectivity index (χ4v) is 3.88. The van der Waals surface area contributed by atoms with Gasteiger partial charge in [0.05, 0.1) is 12.9 Å². The number of thioether (sulfide) groups is 1. The molecular weight excluding hydrogens is 396 g/mol. The minimum Gasteiger partial charge on any atom is -0.497 e. The largest absolute Gasteiger partial charge is 0.497 e. The monoisotopic (exact) mass is 428 g/mol. The molecule has 0 aliphatic rings. The van der Waals surface area contributed by atoms with Gasteiger partial charge in [-0.2, -0.15) is 0 Å². The first-order chi connectivity index (χ1) is 14.5. The number of ether oxygens (including phenoxy) is 1. The zero-order chi connectivity index (χ0) is 21.9. The van der Waals surface area contributed by atoms with E-state index < -0.39 is 6.04 Å². The van der Waals surface area contributed by atoms with Crippen LogP contribution in [-0.4, -0.2) is 41.7 Å². The molecule has 162 valence electrons. The fourth-order valence-electron chi connectivity index (χ4n) is 3.07. The van der Waals surface area contributed by atoms with Crippen molar-refractivity contribution < 1.29 is 14.3 Å². The Morgan fingerprint density at radius 2 is 1.80 bits per heavy atom. The van der Waals surface area contributed by atoms with Crippen LogP contribution in [-0.2, 0) is 16.1 Å². The normalized spacial score (nSPS) is 12.7. The summed E-state index contributed by atoms with van der Waals surface area (Å²) in [6, 6.07) is 17.0. The fraction of sp³-hybridized carbons (Fsp3) is 0.417. The Bertz CT molecular complexity index is 813. The van der Waals surface area contributed by atoms with Gasteiger partial charge in [0, 0.05) is 17.5 Å². The summed E-state index contributed by atoms with van der Waals surface area (Å²) in [7, 11) is 1.62. The molecule has 0 unspecified atom stereocenters. The second-order valence-corrected chi connectivity index (χ2v) is 8.27. The van der Waals surface area contributed by atoms with E-state index in [0.717, 1.165) is 22.6 Å². The van der Waals surface area contributed by atoms with E-state index in [9.17, 15) is 9.59 Å². The third-order valence-electron chi connectivity index (χ3n) is 4.98. The van der Waals surface area contributed by atoms with E-state index in [2.05, 4.69) is 5.32 Å². The van der Waals surface area contributed by atoms with Gasteiger partial charge in [0.25, 0.3) is 0 Å². The van der Waals surface area contributed by atoms with Gasteiger partial charge in [-0.3, -0.25) is 9.59 Å². The van der Waals surface area contributed by atoms with Crippen molar-refractivity contribution in [3.05, 3.63) is 60.2 Å². The summed E-state index contributed by atoms with van der Waals surface area (Å²) in [6.45, 7) is 6.31. The van der Waals surface area contributed by atoms with Crippen molar-refractivity contribution in [3.8, 4) is 5.75 Å². The molecule has 2 atom stereocenters. The molecule has 2 aromatic carbocycles. The molecule has 0 spiro atoms. The quantitative estimate of drug-likeness (QED) is 0.535. The molecule has 0 heterocycles. The molecule has 0 saturated carbocycles. The van der Waals surface area contributed by atoms with Crippen molar-refractivity contribution in [1.29, 1.82) is 0 Å². The minimum atomic E-state index is -0.519. The summed E-state index contributed by atoms with van der Waals surface area (Å²) < 4.78 is 5.32. The number of hydrogen-bond acceptors (Lipinski definition) is 4. The highest BCUT2D eigenvalue weighted by Gasteiger charge is 2.29. The maximum atomic E-state index is 13.2. The first-order valence-corrected chi connectivity index (χ1v) is 11.4. The molecule has 0 aliphatic carbocycles. The SMILES string of the molecule is CC[C@H](C)NC(=O)[C@H](CC)N(Cc1cccc(OC)c1)C(=O)CSc1ccccc1. The van der Waals surface area contributed by atoms with Crippen LogP contribution in [0.4, 0.5) is 0 Å². The Hall–Kier alpha value is -2.47. The molecular formula is C24H32N2O3S. The van der Waals surface area contributed by atoms with Crippen LogP contribution in [0.25, 0.3) is 0 Å². The first-order valence-electron chi connectivity index (χ1n) is 10.4. The second-order valence-electron chi connectivity index (χ2n) is 7.22. The van der Waals surface area contributed by atoms with Crippen molar-refractivity contribution in [1.82, 2.24) is 10.2 Å². The smallest absolute Gasteiger partial charge is 0.243 e. The van der Waals surface area contributed by atoms with Crippen LogP contribution in [0.5, 0.6) is 5.75 Å². The highest BCUT2D eigenvalue weighted by molar-refractivity contribution is 8.00. The summed E-state index contributed by atoms with van der Waals surface area (Å²) in [4.78, 5) is 28.9. The summed E-state index contributed by atoms with van der Waals surface area (Å²) in [5.41, 5.74) is 0.933. The molecule has 0 saturated heterocycles. The standard InChI is InChI=1S/C24H32N2O3S/c1-5-18(3)25-24(28)22(6-2)26(16-19-11-10-12-20(15-19)29-4)23(27)17-30-21-13-8-7-9-14-21/h7-15,18,22H,5-6,16-17H2,1-4H3,(H,25,28)/t18-,22-/m0/s1. The van der Waals surface area contributed by atoms with E-state index in [1.165, 1.54) is 11.8 Å². The van der Waals surface area contributed by atoms with Gasteiger partial charge in [0.2, 0.25) is 11.8 Å². The van der Waals surface area contributed by atoms with Crippen LogP contribution in [0.2, 0.25) is 0 Å². The molecule has 1 N–H and O–H groups in total. The Morgan fingerprint density at radius 1 is 1.07 bits per heavy atom. The van der Waals surface area contributed by atoms with Crippen molar-refractivity contribution in [2.45, 2.75) is 57.1 Å². The predicted molar refractivity (Wildman–Crippen MR) is 123 cm³/mol. The lowest BCUT2D eigenvalue weighted by Crippen LogP contribution is -2.51. The maximum absolute atomic E-state index is 13.2. The lowest BCUT2D eigenvalue weighted by molar-refractivity contribution is -0.139. The summed E-state index contributed by atoms with van der Waals surface area (Å²) in [5.74, 6) is 0.850. The first kappa shape index (κ1) is 23.8. The average Bonchev–Trinajstić information content (AvgIpc) is 2.78. The van der Waals surface area contributed by atoms with Crippen molar-refractivity contribution in [2.24, 2.45) is 0 Å². The molecule has 5 nitrogen and oxygen atoms in total. The number of hydrogen-bond donors (Lipinski definition) is 1. The number of amides is 2. The lowest BCUT2D eigenvalue weighted by Gasteiger charge is -2.31. The van der Waals surface area contributed by atoms with Crippen molar-refractivity contribution >= 4 is 23.6 Å². The van der Waals surface area contributed by atoms with Crippen molar-refractivity contribution in [2.75, 3.05) is 12.9 Å². The molecule has 0 aromatic heterocycles. The van der Waals surface area contributed by atoms with E-state index >= 15 is 0 Å². The van der Waals surface area contributed by atoms with Gasteiger partial charge in [-0.1, -0.05) is 44.2 Å². The molecule has 2 rings (SSSR count). The molecule has 2 aromatic rings. The van der Waals surface area contributed by atoms with E-state index in [1.807, 2.05) is 75.4 Å². The number of nitrogens with one attached hydrogen (secondary N) is 1. The number of nitrogens with zero attached hydrogens (tertiary/aromatic N) is 1. The van der Waals surface area contributed by atoms with Crippen LogP contribution in [0.15, 0.2) is 59.5 Å². The van der Waals surface area contributed by atoms with Gasteiger partial charge in [-0.15, -0.1) is 11.8 Å². The van der Waals surface area contributed by atoms with Gasteiger partial charge in [-0.25, -0.2) is 0 Å². The third-order valence-corrected chi connectivity index (χ3v) is 5.98. The van der Waals surface area contributed by atoms with Crippen LogP contribution in [0, 0.1) is 0 Å². The Morgan fingerprint density at radius 3 is 2.43 bits per heavy atom. The molecule has 2 amide bonds. The van der Waals surface area contributed by atoms with Crippen LogP contribution >= 0.6 is 11.8 Å². The van der Waals surface area contributed by atoms with Crippen LogP contribution in [0.1, 0.15) is 39.2 Å². The van der Waals surface area contributed by atoms with Gasteiger partial charge >= 0.3 is 0 Å². The van der Waals surface area contributed by atoms with E-state index in [-0.39, 0.29) is 23.6 Å². The number of carbonyl (C=O) groups is 2. The highest BCUT2D eigenvalue weighted by Crippen LogP contribution is 2.21. The third kappa shape index (κ3) is 7.10. The molecule has 0 fully saturated rings. The summed E-state index contributed by atoms with van der Waals surface area (Å²) >= 11 is 1.49. The lowest BCUT2D eigenvalue weighted by atomic mass is 10.1. The average molecular weight is 429 g/mol. The molecule has 30 heavy (non-hydrogen) atoms. The van der Waals surface area contributed by atoms with Crippen molar-refractivity contribution in [3.63, 3.8) is 0 Å². The Labute approximate surface area is 184 Å². The summed E-state index contributed by atoms with van der Waals surface area (Å²) in [5, 5.41) is 3.03. The molecule has 0 aliphatic heterocycles. The zero-order valence-electron chi connectivity index (χ0n) is 18.3. The summed E-state index contributed by atoms with van der Waals surface area (Å²) in [6.07, 6.45) is 1.39. The maximum Gasteiger partial charge on any atom is 0.243 e. The Kier molecular flexibility index (Phi) is 9.74. The second kappa shape index (κ2) is 12.3. The van der Waals surface area contributed by atoms with E-state index in [1.54, 1.807) is 12.0 Å². The van der Waals surface area contributed by atoms with Crippen LogP contribution in [0.3, 0.4) is 0 Å². The van der Waals surface area contributed by atoms with Gasteiger partial charge < -0.3 is 15.0 Å². The topological polar surface area (TPSA) is 58.6 Å². The number of methoxy groups -OCH3 is 1. The predicted octanol–water partition coefficient (Wildman–Crippen LogP) is 4.51. The number of rotatable bonds is 11. The molecule has 6 heteroatoms. The molecule has 0 radical (unpaired) electrons. The Balaban J connectivity index is 2.22. The van der Waals surface area contributed by atoms with E-state index in [0.29, 0.717) is 13.0 Å². The van der Waals surface area contributed by atoms with Gasteiger partial charge in [0.1, 0.15) is 11.8 Å². The van der Waals surface area contributed by atoms with Crippen LogP contribution < -0.4 is 10.1 Å². The van der Waals surface area contributed by atoms with Gasteiger partial charge in [0.15, 0.2) is 0 Å². The number of carbonyl (C=O) groups excluding carboxylic acids is 2. The van der Waals surface area contributed by atoms with E-state index in [4.69, 9.17) is 4.74 Å². The van der Waals surface area contributed by atoms with Gasteiger partial charge in [-0.05, 0) is 49.6 Å². The highest BCUT2D eigenvalue weighted by atomic mass is 32.2. The molecule has 0 bridgehead atoms. The minimum absolute atomic E-state index is 0.0576. The zero-order valence-corrected chi connectivity index (χ0v) is 19.1.